The quantitative estimate of drug-likeness (QED) is 0.440. The minimum Gasteiger partial charge on any atom is -0.493 e. The number of ether oxygens (including phenoxy) is 4. The van der Waals surface area contributed by atoms with Crippen LogP contribution in [0.4, 0.5) is 0 Å². The summed E-state index contributed by atoms with van der Waals surface area (Å²) in [6.07, 6.45) is 6.67. The zero-order valence-electron chi connectivity index (χ0n) is 15.3. The molecule has 0 unspecified atom stereocenters. The Balaban J connectivity index is 2.06. The smallest absolute Gasteiger partial charge is 0.271 e. The number of rotatable bonds is 8. The average Bonchev–Trinajstić information content (AvgIpc) is 2.71. The summed E-state index contributed by atoms with van der Waals surface area (Å²) in [7, 11) is 4.55. The first-order chi connectivity index (χ1) is 13.1. The number of methoxy groups -OCH3 is 3. The molecule has 2 aromatic carbocycles. The minimum atomic E-state index is -0.381. The molecule has 1 N–H and O–H groups in total. The lowest BCUT2D eigenvalue weighted by Crippen LogP contribution is -2.17. The van der Waals surface area contributed by atoms with Crippen molar-refractivity contribution in [1.82, 2.24) is 5.43 Å². The zero-order chi connectivity index (χ0) is 19.6. The maximum atomic E-state index is 12.2. The molecule has 0 saturated heterocycles. The fourth-order valence-corrected chi connectivity index (χ4v) is 2.21. The van der Waals surface area contributed by atoms with Crippen LogP contribution in [0, 0.1) is 12.3 Å². The van der Waals surface area contributed by atoms with Gasteiger partial charge in [-0.1, -0.05) is 5.92 Å². The number of terminal acetylenes is 1. The third-order valence-corrected chi connectivity index (χ3v) is 3.52. The minimum absolute atomic E-state index is 0.144. The van der Waals surface area contributed by atoms with Crippen LogP contribution >= 0.6 is 0 Å². The number of carbonyl (C=O) groups excluding carboxylic acids is 1. The van der Waals surface area contributed by atoms with Gasteiger partial charge in [0.1, 0.15) is 6.61 Å². The fraction of sp³-hybridized carbons (Fsp3) is 0.200. The van der Waals surface area contributed by atoms with Crippen LogP contribution in [-0.4, -0.2) is 40.1 Å². The molecule has 0 bridgehead atoms. The number of hydrogen-bond donors (Lipinski definition) is 1. The van der Waals surface area contributed by atoms with Crippen molar-refractivity contribution in [3.05, 3.63) is 47.5 Å². The Hall–Kier alpha value is -3.66. The first-order valence-electron chi connectivity index (χ1n) is 7.92. The molecule has 0 heterocycles. The maximum absolute atomic E-state index is 12.2. The summed E-state index contributed by atoms with van der Waals surface area (Å²) in [6, 6.07) is 10.0. The molecule has 2 aromatic rings. The molecule has 27 heavy (non-hydrogen) atoms. The van der Waals surface area contributed by atoms with E-state index in [0.717, 1.165) is 0 Å². The number of hydrazone groups is 1. The van der Waals surface area contributed by atoms with Gasteiger partial charge in [0.05, 0.1) is 27.5 Å². The van der Waals surface area contributed by atoms with Crippen LogP contribution in [0.5, 0.6) is 23.0 Å². The number of hydrogen-bond acceptors (Lipinski definition) is 6. The molecule has 0 radical (unpaired) electrons. The number of amides is 1. The summed E-state index contributed by atoms with van der Waals surface area (Å²) < 4.78 is 21.0. The van der Waals surface area contributed by atoms with Crippen molar-refractivity contribution in [2.24, 2.45) is 5.10 Å². The Morgan fingerprint density at radius 2 is 1.70 bits per heavy atom. The molecule has 7 nitrogen and oxygen atoms in total. The van der Waals surface area contributed by atoms with E-state index < -0.39 is 0 Å². The van der Waals surface area contributed by atoms with Crippen molar-refractivity contribution < 1.29 is 23.7 Å². The Labute approximate surface area is 157 Å². The third kappa shape index (κ3) is 5.16. The lowest BCUT2D eigenvalue weighted by molar-refractivity contribution is 0.0954. The SMILES string of the molecule is C#CCOc1ccc(/C=N/NC(=O)c2ccc(OC)c(OC)c2)cc1OC. The van der Waals surface area contributed by atoms with Gasteiger partial charge in [0, 0.05) is 5.56 Å². The second-order valence-corrected chi connectivity index (χ2v) is 5.17. The topological polar surface area (TPSA) is 78.4 Å². The molecule has 7 heteroatoms. The zero-order valence-corrected chi connectivity index (χ0v) is 15.3. The number of benzene rings is 2. The summed E-state index contributed by atoms with van der Waals surface area (Å²) in [5.74, 6) is 4.05. The van der Waals surface area contributed by atoms with Gasteiger partial charge in [-0.15, -0.1) is 6.42 Å². The first kappa shape index (κ1) is 19.7. The Kier molecular flexibility index (Phi) is 7.08. The van der Waals surface area contributed by atoms with Crippen molar-refractivity contribution in [2.75, 3.05) is 27.9 Å². The highest BCUT2D eigenvalue weighted by atomic mass is 16.5. The van der Waals surface area contributed by atoms with Crippen LogP contribution in [0.25, 0.3) is 0 Å². The monoisotopic (exact) mass is 368 g/mol. The van der Waals surface area contributed by atoms with Gasteiger partial charge in [-0.2, -0.15) is 5.10 Å². The number of nitrogens with zero attached hydrogens (tertiary/aromatic N) is 1. The summed E-state index contributed by atoms with van der Waals surface area (Å²) in [6.45, 7) is 0.144. The van der Waals surface area contributed by atoms with E-state index in [-0.39, 0.29) is 12.5 Å². The summed E-state index contributed by atoms with van der Waals surface area (Å²) in [5.41, 5.74) is 3.56. The standard InChI is InChI=1S/C20H20N2O5/c1-5-10-27-17-8-6-14(11-18(17)25-3)13-21-22-20(23)15-7-9-16(24-2)19(12-15)26-4/h1,6-9,11-13H,10H2,2-4H3,(H,22,23)/b21-13+. The molecule has 0 fully saturated rings. The van der Waals surface area contributed by atoms with E-state index in [0.29, 0.717) is 34.1 Å². The molecule has 1 amide bonds. The Morgan fingerprint density at radius 1 is 1.04 bits per heavy atom. The van der Waals surface area contributed by atoms with Gasteiger partial charge in [0.15, 0.2) is 23.0 Å². The molecular formula is C20H20N2O5. The fourth-order valence-electron chi connectivity index (χ4n) is 2.21. The largest absolute Gasteiger partial charge is 0.493 e. The summed E-state index contributed by atoms with van der Waals surface area (Å²) >= 11 is 0. The van der Waals surface area contributed by atoms with E-state index in [1.165, 1.54) is 27.5 Å². The highest BCUT2D eigenvalue weighted by Gasteiger charge is 2.10. The lowest BCUT2D eigenvalue weighted by Gasteiger charge is -2.09. The van der Waals surface area contributed by atoms with Crippen LogP contribution in [0.15, 0.2) is 41.5 Å². The molecule has 0 spiro atoms. The Bertz CT molecular complexity index is 871. The van der Waals surface area contributed by atoms with Crippen molar-refractivity contribution in [1.29, 1.82) is 0 Å². The van der Waals surface area contributed by atoms with Gasteiger partial charge in [-0.3, -0.25) is 4.79 Å². The first-order valence-corrected chi connectivity index (χ1v) is 7.92. The van der Waals surface area contributed by atoms with Crippen molar-refractivity contribution in [3.8, 4) is 35.3 Å². The van der Waals surface area contributed by atoms with E-state index in [4.69, 9.17) is 25.4 Å². The number of carbonyl (C=O) groups is 1. The van der Waals surface area contributed by atoms with E-state index in [1.807, 2.05) is 0 Å². The van der Waals surface area contributed by atoms with E-state index in [9.17, 15) is 4.79 Å². The second kappa shape index (κ2) is 9.73. The van der Waals surface area contributed by atoms with Crippen molar-refractivity contribution in [2.45, 2.75) is 0 Å². The highest BCUT2D eigenvalue weighted by molar-refractivity contribution is 5.95. The van der Waals surface area contributed by atoms with Crippen LogP contribution < -0.4 is 24.4 Å². The molecule has 0 atom stereocenters. The predicted octanol–water partition coefficient (Wildman–Crippen LogP) is 2.49. The van der Waals surface area contributed by atoms with Crippen molar-refractivity contribution >= 4 is 12.1 Å². The van der Waals surface area contributed by atoms with Crippen LogP contribution in [0.2, 0.25) is 0 Å². The molecule has 140 valence electrons. The van der Waals surface area contributed by atoms with E-state index in [2.05, 4.69) is 16.4 Å². The van der Waals surface area contributed by atoms with Gasteiger partial charge in [-0.25, -0.2) is 5.43 Å². The molecule has 2 rings (SSSR count). The van der Waals surface area contributed by atoms with E-state index in [1.54, 1.807) is 36.4 Å². The van der Waals surface area contributed by atoms with Crippen molar-refractivity contribution in [3.63, 3.8) is 0 Å². The normalized spacial score (nSPS) is 10.1. The van der Waals surface area contributed by atoms with Gasteiger partial charge in [0.2, 0.25) is 0 Å². The highest BCUT2D eigenvalue weighted by Crippen LogP contribution is 2.28. The Morgan fingerprint density at radius 3 is 2.37 bits per heavy atom. The average molecular weight is 368 g/mol. The van der Waals surface area contributed by atoms with Crippen LogP contribution in [-0.2, 0) is 0 Å². The molecule has 0 aromatic heterocycles. The van der Waals surface area contributed by atoms with Gasteiger partial charge >= 0.3 is 0 Å². The second-order valence-electron chi connectivity index (χ2n) is 5.17. The van der Waals surface area contributed by atoms with Gasteiger partial charge in [-0.05, 0) is 42.0 Å². The molecule has 0 aliphatic rings. The summed E-state index contributed by atoms with van der Waals surface area (Å²) in [5, 5.41) is 3.96. The predicted molar refractivity (Wildman–Crippen MR) is 102 cm³/mol. The molecular weight excluding hydrogens is 348 g/mol. The van der Waals surface area contributed by atoms with Gasteiger partial charge < -0.3 is 18.9 Å². The number of nitrogens with one attached hydrogen (secondary N) is 1. The van der Waals surface area contributed by atoms with Crippen LogP contribution in [0.3, 0.4) is 0 Å². The van der Waals surface area contributed by atoms with Crippen LogP contribution in [0.1, 0.15) is 15.9 Å². The third-order valence-electron chi connectivity index (χ3n) is 3.52. The molecule has 0 saturated carbocycles. The summed E-state index contributed by atoms with van der Waals surface area (Å²) in [4.78, 5) is 12.2. The maximum Gasteiger partial charge on any atom is 0.271 e. The lowest BCUT2D eigenvalue weighted by atomic mass is 10.2. The molecule has 0 aliphatic heterocycles. The van der Waals surface area contributed by atoms with Gasteiger partial charge in [0.25, 0.3) is 5.91 Å². The molecule has 0 aliphatic carbocycles. The van der Waals surface area contributed by atoms with E-state index >= 15 is 0 Å².